The molecule has 4 rings (SSSR count). The van der Waals surface area contributed by atoms with Gasteiger partial charge in [0.15, 0.2) is 5.76 Å². The van der Waals surface area contributed by atoms with Crippen LogP contribution in [0, 0.1) is 6.92 Å². The van der Waals surface area contributed by atoms with Gasteiger partial charge in [-0.25, -0.2) is 0 Å². The molecule has 1 N–H and O–H groups in total. The van der Waals surface area contributed by atoms with Gasteiger partial charge in [-0.3, -0.25) is 9.59 Å². The van der Waals surface area contributed by atoms with Crippen molar-refractivity contribution >= 4 is 11.8 Å². The number of aryl methyl sites for hydroxylation is 1. The SMILES string of the molecule is Cc1oncc1CNC(=O)CC1CN(C(=O)C2=CCCCO2)C2(CCC2)CO1. The molecule has 1 saturated carbocycles. The first-order valence-corrected chi connectivity index (χ1v) is 10.0. The summed E-state index contributed by atoms with van der Waals surface area (Å²) in [4.78, 5) is 27.3. The predicted molar refractivity (Wildman–Crippen MR) is 99.0 cm³/mol. The Morgan fingerprint density at radius 1 is 1.36 bits per heavy atom. The molecule has 3 aliphatic rings. The van der Waals surface area contributed by atoms with Crippen LogP contribution in [0.3, 0.4) is 0 Å². The minimum absolute atomic E-state index is 0.0618. The van der Waals surface area contributed by atoms with E-state index in [1.54, 1.807) is 6.20 Å². The summed E-state index contributed by atoms with van der Waals surface area (Å²) in [5.74, 6) is 0.966. The zero-order chi connectivity index (χ0) is 19.6. The number of nitrogens with one attached hydrogen (secondary N) is 1. The molecule has 28 heavy (non-hydrogen) atoms. The van der Waals surface area contributed by atoms with Crippen molar-refractivity contribution in [3.63, 3.8) is 0 Å². The largest absolute Gasteiger partial charge is 0.488 e. The molecule has 1 saturated heterocycles. The Kier molecular flexibility index (Phi) is 5.39. The molecule has 0 bridgehead atoms. The molecule has 2 aliphatic heterocycles. The van der Waals surface area contributed by atoms with Gasteiger partial charge in [0.2, 0.25) is 5.91 Å². The summed E-state index contributed by atoms with van der Waals surface area (Å²) in [6.07, 6.45) is 8.17. The molecule has 1 aromatic heterocycles. The maximum Gasteiger partial charge on any atom is 0.289 e. The van der Waals surface area contributed by atoms with E-state index in [-0.39, 0.29) is 29.9 Å². The minimum Gasteiger partial charge on any atom is -0.488 e. The first-order chi connectivity index (χ1) is 13.6. The lowest BCUT2D eigenvalue weighted by Gasteiger charge is -2.54. The summed E-state index contributed by atoms with van der Waals surface area (Å²) in [5, 5.41) is 6.58. The van der Waals surface area contributed by atoms with Crippen molar-refractivity contribution < 1.29 is 23.6 Å². The third kappa shape index (κ3) is 3.78. The van der Waals surface area contributed by atoms with Crippen molar-refractivity contribution in [2.75, 3.05) is 19.8 Å². The van der Waals surface area contributed by atoms with Gasteiger partial charge in [-0.2, -0.15) is 0 Å². The molecule has 1 aromatic rings. The fraction of sp³-hybridized carbons (Fsp3) is 0.650. The van der Waals surface area contributed by atoms with Gasteiger partial charge < -0.3 is 24.2 Å². The van der Waals surface area contributed by atoms with E-state index in [0.717, 1.165) is 37.7 Å². The zero-order valence-corrected chi connectivity index (χ0v) is 16.2. The van der Waals surface area contributed by atoms with Crippen LogP contribution in [0.4, 0.5) is 0 Å². The van der Waals surface area contributed by atoms with Crippen molar-refractivity contribution in [1.29, 1.82) is 0 Å². The molecular formula is C20H27N3O5. The second-order valence-corrected chi connectivity index (χ2v) is 7.87. The first kappa shape index (κ1) is 19.0. The quantitative estimate of drug-likeness (QED) is 0.826. The highest BCUT2D eigenvalue weighted by Crippen LogP contribution is 2.42. The van der Waals surface area contributed by atoms with E-state index in [4.69, 9.17) is 14.0 Å². The highest BCUT2D eigenvalue weighted by Gasteiger charge is 2.50. The average Bonchev–Trinajstić information content (AvgIpc) is 3.10. The third-order valence-electron chi connectivity index (χ3n) is 5.96. The normalized spacial score (nSPS) is 23.5. The topological polar surface area (TPSA) is 93.9 Å². The van der Waals surface area contributed by atoms with E-state index in [0.29, 0.717) is 37.8 Å². The molecule has 1 atom stereocenters. The van der Waals surface area contributed by atoms with Crippen molar-refractivity contribution in [3.05, 3.63) is 29.4 Å². The second kappa shape index (κ2) is 7.95. The first-order valence-electron chi connectivity index (χ1n) is 10.0. The summed E-state index contributed by atoms with van der Waals surface area (Å²) in [6, 6.07) is 0. The molecule has 1 aliphatic carbocycles. The van der Waals surface area contributed by atoms with Gasteiger partial charge >= 0.3 is 0 Å². The van der Waals surface area contributed by atoms with Gasteiger partial charge in [-0.1, -0.05) is 5.16 Å². The van der Waals surface area contributed by atoms with Crippen molar-refractivity contribution in [2.24, 2.45) is 0 Å². The maximum atomic E-state index is 13.1. The Morgan fingerprint density at radius 3 is 2.86 bits per heavy atom. The Morgan fingerprint density at radius 2 is 2.21 bits per heavy atom. The molecule has 3 heterocycles. The van der Waals surface area contributed by atoms with Crippen LogP contribution in [0.25, 0.3) is 0 Å². The molecular weight excluding hydrogens is 362 g/mol. The number of carbonyl (C=O) groups is 2. The third-order valence-corrected chi connectivity index (χ3v) is 5.96. The lowest BCUT2D eigenvalue weighted by molar-refractivity contribution is -0.172. The number of rotatable bonds is 5. The predicted octanol–water partition coefficient (Wildman–Crippen LogP) is 1.83. The zero-order valence-electron chi connectivity index (χ0n) is 16.2. The molecule has 0 aromatic carbocycles. The van der Waals surface area contributed by atoms with Crippen LogP contribution in [-0.2, 0) is 25.6 Å². The van der Waals surface area contributed by atoms with E-state index < -0.39 is 0 Å². The smallest absolute Gasteiger partial charge is 0.289 e. The number of allylic oxidation sites excluding steroid dienone is 1. The van der Waals surface area contributed by atoms with Crippen LogP contribution in [0.15, 0.2) is 22.6 Å². The summed E-state index contributed by atoms with van der Waals surface area (Å²) in [5.41, 5.74) is 0.621. The molecule has 1 unspecified atom stereocenters. The van der Waals surface area contributed by atoms with Crippen LogP contribution >= 0.6 is 0 Å². The number of nitrogens with zero attached hydrogens (tertiary/aromatic N) is 2. The van der Waals surface area contributed by atoms with E-state index in [1.165, 1.54) is 0 Å². The Balaban J connectivity index is 1.36. The Bertz CT molecular complexity index is 768. The van der Waals surface area contributed by atoms with E-state index in [2.05, 4.69) is 10.5 Å². The molecule has 152 valence electrons. The van der Waals surface area contributed by atoms with E-state index >= 15 is 0 Å². The van der Waals surface area contributed by atoms with E-state index in [9.17, 15) is 9.59 Å². The number of aromatic nitrogens is 1. The highest BCUT2D eigenvalue weighted by atomic mass is 16.5. The molecule has 2 fully saturated rings. The van der Waals surface area contributed by atoms with Crippen molar-refractivity contribution in [1.82, 2.24) is 15.4 Å². The lowest BCUT2D eigenvalue weighted by Crippen LogP contribution is -2.65. The molecule has 2 amide bonds. The summed E-state index contributed by atoms with van der Waals surface area (Å²) < 4.78 is 16.6. The second-order valence-electron chi connectivity index (χ2n) is 7.87. The fourth-order valence-corrected chi connectivity index (χ4v) is 4.02. The fourth-order valence-electron chi connectivity index (χ4n) is 4.02. The summed E-state index contributed by atoms with van der Waals surface area (Å²) in [6.45, 7) is 3.66. The lowest BCUT2D eigenvalue weighted by atomic mass is 9.74. The Hall–Kier alpha value is -2.35. The molecule has 8 nitrogen and oxygen atoms in total. The van der Waals surface area contributed by atoms with Gasteiger partial charge in [-0.15, -0.1) is 0 Å². The molecule has 0 radical (unpaired) electrons. The highest BCUT2D eigenvalue weighted by molar-refractivity contribution is 5.92. The Labute approximate surface area is 164 Å². The number of hydrogen-bond donors (Lipinski definition) is 1. The van der Waals surface area contributed by atoms with Crippen LogP contribution in [0.1, 0.15) is 49.8 Å². The van der Waals surface area contributed by atoms with Crippen LogP contribution < -0.4 is 5.32 Å². The van der Waals surface area contributed by atoms with Gasteiger partial charge in [0, 0.05) is 18.7 Å². The van der Waals surface area contributed by atoms with Gasteiger partial charge in [-0.05, 0) is 45.1 Å². The van der Waals surface area contributed by atoms with Crippen LogP contribution in [0.5, 0.6) is 0 Å². The number of carbonyl (C=O) groups excluding carboxylic acids is 2. The van der Waals surface area contributed by atoms with Gasteiger partial charge in [0.25, 0.3) is 5.91 Å². The van der Waals surface area contributed by atoms with E-state index in [1.807, 2.05) is 17.9 Å². The van der Waals surface area contributed by atoms with Crippen LogP contribution in [-0.4, -0.2) is 53.3 Å². The number of ether oxygens (including phenoxy) is 2. The summed E-state index contributed by atoms with van der Waals surface area (Å²) >= 11 is 0. The number of morpholine rings is 1. The molecule has 1 spiro atoms. The summed E-state index contributed by atoms with van der Waals surface area (Å²) in [7, 11) is 0. The van der Waals surface area contributed by atoms with Gasteiger partial charge in [0.05, 0.1) is 37.5 Å². The monoisotopic (exact) mass is 389 g/mol. The maximum absolute atomic E-state index is 13.1. The number of amides is 2. The van der Waals surface area contributed by atoms with Gasteiger partial charge in [0.1, 0.15) is 5.76 Å². The molecule has 8 heteroatoms. The minimum atomic E-state index is -0.317. The van der Waals surface area contributed by atoms with Crippen molar-refractivity contribution in [3.8, 4) is 0 Å². The average molecular weight is 389 g/mol. The van der Waals surface area contributed by atoms with Crippen LogP contribution in [0.2, 0.25) is 0 Å². The number of hydrogen-bond acceptors (Lipinski definition) is 6. The standard InChI is InChI=1S/C20H27N3O5/c1-14-15(11-22-28-14)10-21-18(24)9-16-12-23(20(13-27-16)6-4-7-20)19(25)17-5-2-3-8-26-17/h5,11,16H,2-4,6-10,12-13H2,1H3,(H,21,24). The van der Waals surface area contributed by atoms with Crippen molar-refractivity contribution in [2.45, 2.75) is 63.6 Å².